The number of hydrogen-bond acceptors (Lipinski definition) is 4. The molecule has 0 aliphatic heterocycles. The van der Waals surface area contributed by atoms with Crippen LogP contribution in [0.15, 0.2) is 29.0 Å². The van der Waals surface area contributed by atoms with Crippen LogP contribution >= 0.6 is 22.7 Å². The summed E-state index contributed by atoms with van der Waals surface area (Å²) >= 11 is 2.94. The molecule has 2 aromatic rings. The molecule has 0 aliphatic rings. The number of nitrogens with one attached hydrogen (secondary N) is 1. The van der Waals surface area contributed by atoms with E-state index in [-0.39, 0.29) is 5.91 Å². The lowest BCUT2D eigenvalue weighted by molar-refractivity contribution is -0.131. The molecule has 110 valence electrons. The summed E-state index contributed by atoms with van der Waals surface area (Å²) in [6.45, 7) is 2.48. The van der Waals surface area contributed by atoms with Crippen molar-refractivity contribution in [3.8, 4) is 0 Å². The molecule has 1 amide bonds. The fourth-order valence-electron chi connectivity index (χ4n) is 1.81. The van der Waals surface area contributed by atoms with Gasteiger partial charge in [-0.2, -0.15) is 0 Å². The minimum atomic E-state index is -0.971. The van der Waals surface area contributed by atoms with E-state index in [0.717, 1.165) is 33.4 Å². The Bertz CT molecular complexity index is 670. The Morgan fingerprint density at radius 1 is 1.38 bits per heavy atom. The maximum atomic E-state index is 12.1. The largest absolute Gasteiger partial charge is 0.478 e. The SMILES string of the molecule is CCc1ccsc1C(=O)NCc1cc(/C=C/C(=O)O)cs1. The smallest absolute Gasteiger partial charge is 0.328 e. The number of carboxylic acid groups (broad SMARTS) is 1. The normalized spacial score (nSPS) is 10.9. The molecule has 2 rings (SSSR count). The third-order valence-corrected chi connectivity index (χ3v) is 4.76. The molecule has 4 nitrogen and oxygen atoms in total. The van der Waals surface area contributed by atoms with Crippen LogP contribution in [0.2, 0.25) is 0 Å². The van der Waals surface area contributed by atoms with Gasteiger partial charge in [-0.3, -0.25) is 4.79 Å². The number of aliphatic carboxylic acids is 1. The van der Waals surface area contributed by atoms with Crippen LogP contribution in [0.4, 0.5) is 0 Å². The van der Waals surface area contributed by atoms with Gasteiger partial charge in [-0.15, -0.1) is 22.7 Å². The molecule has 2 heterocycles. The Morgan fingerprint density at radius 3 is 2.90 bits per heavy atom. The van der Waals surface area contributed by atoms with Crippen molar-refractivity contribution >= 4 is 40.6 Å². The lowest BCUT2D eigenvalue weighted by Crippen LogP contribution is -2.22. The molecule has 0 radical (unpaired) electrons. The average molecular weight is 321 g/mol. The van der Waals surface area contributed by atoms with E-state index in [1.165, 1.54) is 22.7 Å². The predicted molar refractivity (Wildman–Crippen MR) is 85.9 cm³/mol. The predicted octanol–water partition coefficient (Wildman–Crippen LogP) is 3.40. The highest BCUT2D eigenvalue weighted by Crippen LogP contribution is 2.19. The van der Waals surface area contributed by atoms with E-state index in [1.54, 1.807) is 6.08 Å². The van der Waals surface area contributed by atoms with E-state index in [1.807, 2.05) is 29.8 Å². The minimum absolute atomic E-state index is 0.0575. The van der Waals surface area contributed by atoms with Crippen LogP contribution in [0.5, 0.6) is 0 Å². The minimum Gasteiger partial charge on any atom is -0.478 e. The highest BCUT2D eigenvalue weighted by molar-refractivity contribution is 7.12. The van der Waals surface area contributed by atoms with Crippen LogP contribution in [0.1, 0.15) is 32.6 Å². The van der Waals surface area contributed by atoms with Gasteiger partial charge in [0.15, 0.2) is 0 Å². The quantitative estimate of drug-likeness (QED) is 0.801. The van der Waals surface area contributed by atoms with Crippen molar-refractivity contribution in [2.24, 2.45) is 0 Å². The molecule has 6 heteroatoms. The fraction of sp³-hybridized carbons (Fsp3) is 0.200. The van der Waals surface area contributed by atoms with Gasteiger partial charge in [0.05, 0.1) is 11.4 Å². The second kappa shape index (κ2) is 7.19. The van der Waals surface area contributed by atoms with E-state index in [4.69, 9.17) is 5.11 Å². The molecule has 2 N–H and O–H groups in total. The summed E-state index contributed by atoms with van der Waals surface area (Å²) in [5.74, 6) is -1.03. The van der Waals surface area contributed by atoms with Gasteiger partial charge in [-0.1, -0.05) is 6.92 Å². The highest BCUT2D eigenvalue weighted by Gasteiger charge is 2.11. The molecule has 0 fully saturated rings. The van der Waals surface area contributed by atoms with E-state index in [0.29, 0.717) is 6.54 Å². The molecule has 0 saturated heterocycles. The zero-order valence-electron chi connectivity index (χ0n) is 11.5. The van der Waals surface area contributed by atoms with E-state index in [2.05, 4.69) is 5.32 Å². The standard InChI is InChI=1S/C15H15NO3S2/c1-2-11-5-6-20-14(11)15(19)16-8-12-7-10(9-21-12)3-4-13(17)18/h3-7,9H,2,8H2,1H3,(H,16,19)(H,17,18)/b4-3+. The molecular weight excluding hydrogens is 306 g/mol. The molecule has 0 saturated carbocycles. The summed E-state index contributed by atoms with van der Waals surface area (Å²) < 4.78 is 0. The van der Waals surface area contributed by atoms with Gasteiger partial charge < -0.3 is 10.4 Å². The Balaban J connectivity index is 1.94. The monoisotopic (exact) mass is 321 g/mol. The van der Waals surface area contributed by atoms with Crippen molar-refractivity contribution < 1.29 is 14.7 Å². The lowest BCUT2D eigenvalue weighted by atomic mass is 10.2. The van der Waals surface area contributed by atoms with Gasteiger partial charge in [-0.05, 0) is 46.5 Å². The first-order chi connectivity index (χ1) is 10.1. The molecule has 0 aliphatic carbocycles. The number of hydrogen-bond donors (Lipinski definition) is 2. The first-order valence-corrected chi connectivity index (χ1v) is 8.19. The summed E-state index contributed by atoms with van der Waals surface area (Å²) in [5, 5.41) is 15.3. The Labute approximate surface area is 130 Å². The summed E-state index contributed by atoms with van der Waals surface area (Å²) in [7, 11) is 0. The van der Waals surface area contributed by atoms with Crippen molar-refractivity contribution in [1.29, 1.82) is 0 Å². The average Bonchev–Trinajstić information content (AvgIpc) is 3.11. The number of carboxylic acids is 1. The third kappa shape index (κ3) is 4.27. The van der Waals surface area contributed by atoms with Crippen LogP contribution in [-0.2, 0) is 17.8 Å². The summed E-state index contributed by atoms with van der Waals surface area (Å²) in [5.41, 5.74) is 1.89. The van der Waals surface area contributed by atoms with Crippen LogP contribution < -0.4 is 5.32 Å². The second-order valence-electron chi connectivity index (χ2n) is 4.33. The van der Waals surface area contributed by atoms with Gasteiger partial charge in [0.1, 0.15) is 0 Å². The van der Waals surface area contributed by atoms with E-state index in [9.17, 15) is 9.59 Å². The van der Waals surface area contributed by atoms with Crippen molar-refractivity contribution in [3.05, 3.63) is 49.9 Å². The number of thiophene rings is 2. The number of carbonyl (C=O) groups is 2. The zero-order chi connectivity index (χ0) is 15.2. The number of carbonyl (C=O) groups excluding carboxylic acids is 1. The molecular formula is C15H15NO3S2. The summed E-state index contributed by atoms with van der Waals surface area (Å²) in [6, 6.07) is 3.85. The third-order valence-electron chi connectivity index (χ3n) is 2.85. The van der Waals surface area contributed by atoms with Gasteiger partial charge in [-0.25, -0.2) is 4.79 Å². The number of aryl methyl sites for hydroxylation is 1. The van der Waals surface area contributed by atoms with Gasteiger partial charge in [0, 0.05) is 11.0 Å². The molecule has 2 aromatic heterocycles. The summed E-state index contributed by atoms with van der Waals surface area (Å²) in [4.78, 5) is 24.3. The molecule has 0 spiro atoms. The topological polar surface area (TPSA) is 66.4 Å². The van der Waals surface area contributed by atoms with Gasteiger partial charge in [0.25, 0.3) is 5.91 Å². The Hall–Kier alpha value is -1.92. The van der Waals surface area contributed by atoms with Gasteiger partial charge >= 0.3 is 5.97 Å². The fourth-order valence-corrected chi connectivity index (χ4v) is 3.51. The first-order valence-electron chi connectivity index (χ1n) is 6.43. The maximum Gasteiger partial charge on any atom is 0.328 e. The Morgan fingerprint density at radius 2 is 2.19 bits per heavy atom. The van der Waals surface area contributed by atoms with E-state index < -0.39 is 5.97 Å². The highest BCUT2D eigenvalue weighted by atomic mass is 32.1. The maximum absolute atomic E-state index is 12.1. The van der Waals surface area contributed by atoms with Crippen LogP contribution in [0.3, 0.4) is 0 Å². The molecule has 0 unspecified atom stereocenters. The van der Waals surface area contributed by atoms with E-state index >= 15 is 0 Å². The first kappa shape index (κ1) is 15.5. The second-order valence-corrected chi connectivity index (χ2v) is 6.24. The van der Waals surface area contributed by atoms with Crippen molar-refractivity contribution in [2.45, 2.75) is 19.9 Å². The van der Waals surface area contributed by atoms with Crippen molar-refractivity contribution in [2.75, 3.05) is 0 Å². The van der Waals surface area contributed by atoms with Crippen LogP contribution in [-0.4, -0.2) is 17.0 Å². The van der Waals surface area contributed by atoms with Crippen LogP contribution in [0.25, 0.3) is 6.08 Å². The Kier molecular flexibility index (Phi) is 5.30. The number of amides is 1. The molecule has 0 aromatic carbocycles. The van der Waals surface area contributed by atoms with Gasteiger partial charge in [0.2, 0.25) is 0 Å². The van der Waals surface area contributed by atoms with Crippen molar-refractivity contribution in [3.63, 3.8) is 0 Å². The number of rotatable bonds is 6. The summed E-state index contributed by atoms with van der Waals surface area (Å²) in [6.07, 6.45) is 3.48. The lowest BCUT2D eigenvalue weighted by Gasteiger charge is -2.03. The van der Waals surface area contributed by atoms with Crippen molar-refractivity contribution in [1.82, 2.24) is 5.32 Å². The molecule has 0 atom stereocenters. The molecule has 0 bridgehead atoms. The zero-order valence-corrected chi connectivity index (χ0v) is 13.1. The van der Waals surface area contributed by atoms with Crippen LogP contribution in [0, 0.1) is 0 Å². The molecule has 21 heavy (non-hydrogen) atoms.